The fraction of sp³-hybridized carbons (Fsp3) is 0.379. The Morgan fingerprint density at radius 2 is 1.64 bits per heavy atom. The maximum Gasteiger partial charge on any atom is 0.416 e. The van der Waals surface area contributed by atoms with Gasteiger partial charge in [0.05, 0.1) is 34.8 Å². The molecule has 4 heterocycles. The first-order valence-electron chi connectivity index (χ1n) is 13.9. The number of piperazine rings is 1. The molecule has 45 heavy (non-hydrogen) atoms. The Balaban J connectivity index is 1.19. The van der Waals surface area contributed by atoms with Crippen LogP contribution in [-0.2, 0) is 34.0 Å². The largest absolute Gasteiger partial charge is 0.444 e. The predicted octanol–water partition coefficient (Wildman–Crippen LogP) is 5.16. The molecule has 5 rings (SSSR count). The summed E-state index contributed by atoms with van der Waals surface area (Å²) in [4.78, 5) is 36.7. The lowest BCUT2D eigenvalue weighted by molar-refractivity contribution is -0.137. The van der Waals surface area contributed by atoms with Crippen molar-refractivity contribution in [1.82, 2.24) is 19.2 Å². The summed E-state index contributed by atoms with van der Waals surface area (Å²) in [5, 5.41) is 2.41. The minimum absolute atomic E-state index is 0.00406. The van der Waals surface area contributed by atoms with Gasteiger partial charge >= 0.3 is 12.3 Å². The SMILES string of the molecule is CC(C)(C)OC(=O)N1Cc2cc(C(=O)Nc3ccc(S(=O)(=O)N4CCN(c5cc(C(F)(F)F)cc(Cl)n5)CC4)cc3)cnc2C1. The molecule has 0 atom stereocenters. The number of carbonyl (C=O) groups excluding carboxylic acids is 2. The second kappa shape index (κ2) is 12.1. The predicted molar refractivity (Wildman–Crippen MR) is 159 cm³/mol. The van der Waals surface area contributed by atoms with E-state index in [9.17, 15) is 31.2 Å². The van der Waals surface area contributed by atoms with Crippen LogP contribution in [0.15, 0.2) is 53.6 Å². The van der Waals surface area contributed by atoms with Gasteiger partial charge in [-0.2, -0.15) is 17.5 Å². The fourth-order valence-electron chi connectivity index (χ4n) is 4.87. The molecule has 0 unspecified atom stereocenters. The number of hydrogen-bond acceptors (Lipinski definition) is 8. The Morgan fingerprint density at radius 1 is 0.978 bits per heavy atom. The number of alkyl halides is 3. The highest BCUT2D eigenvalue weighted by Crippen LogP contribution is 2.33. The first kappa shape index (κ1) is 32.4. The van der Waals surface area contributed by atoms with Crippen molar-refractivity contribution in [2.24, 2.45) is 0 Å². The van der Waals surface area contributed by atoms with Gasteiger partial charge in [-0.1, -0.05) is 11.6 Å². The number of carbonyl (C=O) groups is 2. The Hall–Kier alpha value is -3.95. The van der Waals surface area contributed by atoms with Crippen molar-refractivity contribution in [1.29, 1.82) is 0 Å². The highest BCUT2D eigenvalue weighted by molar-refractivity contribution is 7.89. The normalized spacial score (nSPS) is 16.0. The second-order valence-electron chi connectivity index (χ2n) is 11.6. The number of anilines is 2. The van der Waals surface area contributed by atoms with Gasteiger partial charge in [-0.05, 0) is 68.8 Å². The maximum absolute atomic E-state index is 13.3. The number of ether oxygens (including phenoxy) is 1. The summed E-state index contributed by atoms with van der Waals surface area (Å²) in [7, 11) is -3.92. The van der Waals surface area contributed by atoms with Crippen LogP contribution < -0.4 is 10.2 Å². The molecular formula is C29H30ClF3N6O5S. The summed E-state index contributed by atoms with van der Waals surface area (Å²) in [6, 6.07) is 8.93. The van der Waals surface area contributed by atoms with Crippen molar-refractivity contribution in [2.45, 2.75) is 50.5 Å². The highest BCUT2D eigenvalue weighted by atomic mass is 35.5. The molecular weight excluding hydrogens is 637 g/mol. The van der Waals surface area contributed by atoms with Crippen LogP contribution in [0.5, 0.6) is 0 Å². The van der Waals surface area contributed by atoms with Crippen LogP contribution in [0.25, 0.3) is 0 Å². The number of amides is 2. The zero-order chi connectivity index (χ0) is 32.7. The molecule has 2 aliphatic rings. The van der Waals surface area contributed by atoms with Gasteiger partial charge in [0.25, 0.3) is 5.91 Å². The second-order valence-corrected chi connectivity index (χ2v) is 13.9. The van der Waals surface area contributed by atoms with Crippen LogP contribution in [0.3, 0.4) is 0 Å². The topological polar surface area (TPSA) is 125 Å². The zero-order valence-corrected chi connectivity index (χ0v) is 26.1. The smallest absolute Gasteiger partial charge is 0.416 e. The minimum atomic E-state index is -4.60. The molecule has 0 spiro atoms. The Bertz CT molecular complexity index is 1720. The third kappa shape index (κ3) is 7.48. The Kier molecular flexibility index (Phi) is 8.72. The van der Waals surface area contributed by atoms with Crippen LogP contribution >= 0.6 is 11.6 Å². The molecule has 0 aliphatic carbocycles. The molecule has 0 bridgehead atoms. The van der Waals surface area contributed by atoms with E-state index in [0.717, 1.165) is 17.7 Å². The van der Waals surface area contributed by atoms with Gasteiger partial charge in [0.1, 0.15) is 16.6 Å². The van der Waals surface area contributed by atoms with Crippen LogP contribution in [0, 0.1) is 0 Å². The lowest BCUT2D eigenvalue weighted by Gasteiger charge is -2.35. The minimum Gasteiger partial charge on any atom is -0.444 e. The van der Waals surface area contributed by atoms with E-state index < -0.39 is 39.4 Å². The van der Waals surface area contributed by atoms with Crippen LogP contribution in [0.1, 0.15) is 48.0 Å². The van der Waals surface area contributed by atoms with Gasteiger partial charge in [0.2, 0.25) is 10.0 Å². The number of fused-ring (bicyclic) bond motifs is 1. The van der Waals surface area contributed by atoms with Crippen LogP contribution in [-0.4, -0.2) is 71.4 Å². The van der Waals surface area contributed by atoms with E-state index in [2.05, 4.69) is 15.3 Å². The van der Waals surface area contributed by atoms with Crippen molar-refractivity contribution in [2.75, 3.05) is 36.4 Å². The fourth-order valence-corrected chi connectivity index (χ4v) is 6.50. The number of nitrogens with zero attached hydrogens (tertiary/aromatic N) is 5. The molecule has 240 valence electrons. The lowest BCUT2D eigenvalue weighted by Crippen LogP contribution is -2.49. The van der Waals surface area contributed by atoms with Crippen molar-refractivity contribution >= 4 is 45.1 Å². The first-order valence-corrected chi connectivity index (χ1v) is 15.7. The van der Waals surface area contributed by atoms with Gasteiger partial charge in [-0.15, -0.1) is 0 Å². The zero-order valence-electron chi connectivity index (χ0n) is 24.6. The van der Waals surface area contributed by atoms with Crippen molar-refractivity contribution < 1.29 is 35.9 Å². The number of hydrogen-bond donors (Lipinski definition) is 1. The van der Waals surface area contributed by atoms with Gasteiger partial charge in [-0.3, -0.25) is 14.7 Å². The number of benzene rings is 1. The van der Waals surface area contributed by atoms with Crippen molar-refractivity contribution in [3.8, 4) is 0 Å². The monoisotopic (exact) mass is 666 g/mol. The molecule has 3 aromatic rings. The maximum atomic E-state index is 13.3. The summed E-state index contributed by atoms with van der Waals surface area (Å²) >= 11 is 5.80. The summed E-state index contributed by atoms with van der Waals surface area (Å²) in [5.41, 5.74) is 0.441. The quantitative estimate of drug-likeness (QED) is 0.370. The summed E-state index contributed by atoms with van der Waals surface area (Å²) in [6.07, 6.45) is -3.66. The number of aromatic nitrogens is 2. The Morgan fingerprint density at radius 3 is 2.27 bits per heavy atom. The molecule has 16 heteroatoms. The molecule has 2 aliphatic heterocycles. The van der Waals surface area contributed by atoms with E-state index in [1.54, 1.807) is 31.7 Å². The number of sulfonamides is 1. The number of pyridine rings is 2. The standard InChI is InChI=1S/C29H30ClF3N6O5S/c1-28(2,3)44-27(41)38-16-19-12-18(15-34-23(19)17-38)26(40)35-21-4-6-22(7-5-21)45(42,43)39-10-8-37(9-11-39)25-14-20(29(31,32)33)13-24(30)36-25/h4-7,12-15H,8-11,16-17H2,1-3H3,(H,35,40). The van der Waals surface area contributed by atoms with E-state index in [1.807, 2.05) is 0 Å². The van der Waals surface area contributed by atoms with Crippen molar-refractivity contribution in [3.63, 3.8) is 0 Å². The molecule has 1 fully saturated rings. The van der Waals surface area contributed by atoms with Crippen molar-refractivity contribution in [3.05, 3.63) is 76.2 Å². The highest BCUT2D eigenvalue weighted by Gasteiger charge is 2.34. The average Bonchev–Trinajstić information content (AvgIpc) is 3.40. The van der Waals surface area contributed by atoms with Gasteiger partial charge in [-0.25, -0.2) is 18.2 Å². The van der Waals surface area contributed by atoms with Crippen LogP contribution in [0.2, 0.25) is 5.15 Å². The number of halogens is 4. The molecule has 0 saturated carbocycles. The lowest BCUT2D eigenvalue weighted by atomic mass is 10.1. The van der Waals surface area contributed by atoms with Crippen LogP contribution in [0.4, 0.5) is 29.5 Å². The number of nitrogens with one attached hydrogen (secondary N) is 1. The van der Waals surface area contributed by atoms with E-state index in [0.29, 0.717) is 11.4 Å². The molecule has 1 N–H and O–H groups in total. The molecule has 1 aromatic carbocycles. The summed E-state index contributed by atoms with van der Waals surface area (Å²) in [6.45, 7) is 6.13. The molecule has 2 aromatic heterocycles. The first-order chi connectivity index (χ1) is 21.0. The Labute approximate surface area is 263 Å². The third-order valence-electron chi connectivity index (χ3n) is 7.10. The van der Waals surface area contributed by atoms with Gasteiger partial charge < -0.3 is 15.0 Å². The number of rotatable bonds is 5. The van der Waals surface area contributed by atoms with E-state index >= 15 is 0 Å². The molecule has 2 amide bonds. The van der Waals surface area contributed by atoms with E-state index in [4.69, 9.17) is 16.3 Å². The summed E-state index contributed by atoms with van der Waals surface area (Å²) < 4.78 is 72.8. The van der Waals surface area contributed by atoms with Gasteiger partial charge in [0.15, 0.2) is 0 Å². The van der Waals surface area contributed by atoms with E-state index in [1.165, 1.54) is 39.7 Å². The summed E-state index contributed by atoms with van der Waals surface area (Å²) in [5.74, 6) is -0.443. The molecule has 0 radical (unpaired) electrons. The van der Waals surface area contributed by atoms with Gasteiger partial charge in [0, 0.05) is 38.1 Å². The average molecular weight is 667 g/mol. The third-order valence-corrected chi connectivity index (χ3v) is 9.20. The molecule has 11 nitrogen and oxygen atoms in total. The van der Waals surface area contributed by atoms with E-state index in [-0.39, 0.29) is 60.7 Å². The molecule has 1 saturated heterocycles.